The first-order valence-electron chi connectivity index (χ1n) is 6.81. The zero-order valence-corrected chi connectivity index (χ0v) is 11.3. The summed E-state index contributed by atoms with van der Waals surface area (Å²) in [5.74, 6) is 0. The van der Waals surface area contributed by atoms with Crippen molar-refractivity contribution < 1.29 is 5.11 Å². The molecule has 0 unspecified atom stereocenters. The average molecular weight is 252 g/mol. The lowest BCUT2D eigenvalue weighted by atomic mass is 9.95. The Labute approximate surface area is 115 Å². The molecule has 19 heavy (non-hydrogen) atoms. The van der Waals surface area contributed by atoms with Gasteiger partial charge in [0.25, 0.3) is 0 Å². The molecule has 2 rings (SSSR count). The Kier molecular flexibility index (Phi) is 4.93. The van der Waals surface area contributed by atoms with E-state index in [1.165, 1.54) is 0 Å². The highest BCUT2D eigenvalue weighted by Crippen LogP contribution is 2.24. The zero-order valence-electron chi connectivity index (χ0n) is 11.3. The molecule has 1 N–H and O–H groups in total. The first-order valence-corrected chi connectivity index (χ1v) is 6.81. The van der Waals surface area contributed by atoms with Crippen molar-refractivity contribution >= 4 is 11.6 Å². The third-order valence-corrected chi connectivity index (χ3v) is 3.15. The second-order valence-corrected chi connectivity index (χ2v) is 4.68. The molecule has 2 aromatic rings. The van der Waals surface area contributed by atoms with Gasteiger partial charge in [-0.15, -0.1) is 0 Å². The summed E-state index contributed by atoms with van der Waals surface area (Å²) in [7, 11) is 0. The van der Waals surface area contributed by atoms with Crippen LogP contribution >= 0.6 is 0 Å². The van der Waals surface area contributed by atoms with E-state index < -0.39 is 6.10 Å². The van der Waals surface area contributed by atoms with Crippen LogP contribution in [-0.2, 0) is 0 Å². The Hall–Kier alpha value is -1.86. The Morgan fingerprint density at radius 1 is 1.00 bits per heavy atom. The summed E-state index contributed by atoms with van der Waals surface area (Å²) in [4.78, 5) is 0. The third-order valence-electron chi connectivity index (χ3n) is 3.15. The number of hydrogen-bond donors (Lipinski definition) is 1. The van der Waals surface area contributed by atoms with Gasteiger partial charge in [0.05, 0.1) is 6.10 Å². The number of hydrogen-bond acceptors (Lipinski definition) is 1. The van der Waals surface area contributed by atoms with Crippen LogP contribution in [0.3, 0.4) is 0 Å². The molecule has 0 fully saturated rings. The highest BCUT2D eigenvalue weighted by atomic mass is 16.3. The molecule has 0 aliphatic carbocycles. The lowest BCUT2D eigenvalue weighted by Crippen LogP contribution is -2.08. The van der Waals surface area contributed by atoms with Gasteiger partial charge in [-0.3, -0.25) is 0 Å². The monoisotopic (exact) mass is 252 g/mol. The minimum Gasteiger partial charge on any atom is -0.388 e. The van der Waals surface area contributed by atoms with Crippen LogP contribution in [0.2, 0.25) is 0 Å². The summed E-state index contributed by atoms with van der Waals surface area (Å²) in [6.45, 7) is 2.09. The van der Waals surface area contributed by atoms with Gasteiger partial charge in [-0.25, -0.2) is 0 Å². The van der Waals surface area contributed by atoms with Gasteiger partial charge in [0.2, 0.25) is 0 Å². The van der Waals surface area contributed by atoms with Crippen molar-refractivity contribution in [1.29, 1.82) is 0 Å². The number of rotatable bonds is 5. The van der Waals surface area contributed by atoms with Gasteiger partial charge in [0.1, 0.15) is 0 Å². The van der Waals surface area contributed by atoms with Gasteiger partial charge in [-0.05, 0) is 29.2 Å². The van der Waals surface area contributed by atoms with E-state index in [0.29, 0.717) is 0 Å². The zero-order chi connectivity index (χ0) is 13.5. The Morgan fingerprint density at radius 2 is 1.58 bits per heavy atom. The lowest BCUT2D eigenvalue weighted by Gasteiger charge is -2.15. The fourth-order valence-electron chi connectivity index (χ4n) is 2.16. The second-order valence-electron chi connectivity index (χ2n) is 4.68. The molecule has 0 heterocycles. The van der Waals surface area contributed by atoms with Crippen molar-refractivity contribution in [3.8, 4) is 0 Å². The van der Waals surface area contributed by atoms with Crippen LogP contribution in [0.15, 0.2) is 60.7 Å². The van der Waals surface area contributed by atoms with Crippen molar-refractivity contribution in [2.45, 2.75) is 25.9 Å². The molecule has 1 heteroatoms. The second kappa shape index (κ2) is 6.91. The van der Waals surface area contributed by atoms with E-state index in [4.69, 9.17) is 0 Å². The highest BCUT2D eigenvalue weighted by molar-refractivity contribution is 5.83. The van der Waals surface area contributed by atoms with E-state index in [1.807, 2.05) is 48.5 Å². The van der Waals surface area contributed by atoms with Gasteiger partial charge in [0, 0.05) is 0 Å². The maximum atomic E-state index is 10.4. The first-order chi connectivity index (χ1) is 9.31. The lowest BCUT2D eigenvalue weighted by molar-refractivity contribution is 0.221. The molecule has 98 valence electrons. The molecule has 0 aliphatic heterocycles. The molecule has 0 saturated heterocycles. The van der Waals surface area contributed by atoms with Gasteiger partial charge in [-0.1, -0.05) is 74.0 Å². The highest BCUT2D eigenvalue weighted by Gasteiger charge is 2.11. The summed E-state index contributed by atoms with van der Waals surface area (Å²) in [6, 6.07) is 20.3. The predicted molar refractivity (Wildman–Crippen MR) is 81.7 cm³/mol. The molecular formula is C18H20O. The molecule has 0 aliphatic rings. The minimum absolute atomic E-state index is 0.410. The van der Waals surface area contributed by atoms with Gasteiger partial charge in [-0.2, -0.15) is 0 Å². The van der Waals surface area contributed by atoms with Crippen molar-refractivity contribution in [2.24, 2.45) is 0 Å². The third kappa shape index (κ3) is 3.80. The molecule has 0 amide bonds. The van der Waals surface area contributed by atoms with Crippen molar-refractivity contribution in [3.05, 3.63) is 71.8 Å². The van der Waals surface area contributed by atoms with Crippen LogP contribution in [-0.4, -0.2) is 11.2 Å². The van der Waals surface area contributed by atoms with E-state index in [1.54, 1.807) is 0 Å². The topological polar surface area (TPSA) is 20.2 Å². The van der Waals surface area contributed by atoms with Crippen LogP contribution < -0.4 is 0 Å². The van der Waals surface area contributed by atoms with Crippen LogP contribution in [0.4, 0.5) is 0 Å². The Balaban J connectivity index is 2.37. The average Bonchev–Trinajstić information content (AvgIpc) is 2.47. The molecule has 1 nitrogen and oxygen atoms in total. The molecule has 0 radical (unpaired) electrons. The van der Waals surface area contributed by atoms with Crippen molar-refractivity contribution in [2.75, 3.05) is 0 Å². The summed E-state index contributed by atoms with van der Waals surface area (Å²) in [5, 5.41) is 10.4. The number of aliphatic hydroxyl groups is 1. The fourth-order valence-corrected chi connectivity index (χ4v) is 2.16. The standard InChI is InChI=1S/C18H20O/c1-2-9-18(19)17(16-12-7-4-8-13-16)14-15-10-5-3-6-11-15/h3-8,10-14,18-19H,2,9H2,1H3/b17-14+/t18-/m0/s1. The van der Waals surface area contributed by atoms with E-state index in [0.717, 1.165) is 29.5 Å². The molecule has 0 aromatic heterocycles. The molecule has 1 atom stereocenters. The van der Waals surface area contributed by atoms with E-state index >= 15 is 0 Å². The van der Waals surface area contributed by atoms with Crippen molar-refractivity contribution in [1.82, 2.24) is 0 Å². The quantitative estimate of drug-likeness (QED) is 0.782. The summed E-state index contributed by atoms with van der Waals surface area (Å²) in [6.07, 6.45) is 3.43. The van der Waals surface area contributed by atoms with E-state index in [-0.39, 0.29) is 0 Å². The predicted octanol–water partition coefficient (Wildman–Crippen LogP) is 4.39. The summed E-state index contributed by atoms with van der Waals surface area (Å²) < 4.78 is 0. The maximum Gasteiger partial charge on any atom is 0.0795 e. The number of aliphatic hydroxyl groups excluding tert-OH is 1. The van der Waals surface area contributed by atoms with Crippen LogP contribution in [0.5, 0.6) is 0 Å². The van der Waals surface area contributed by atoms with E-state index in [2.05, 4.69) is 25.1 Å². The fraction of sp³-hybridized carbons (Fsp3) is 0.222. The smallest absolute Gasteiger partial charge is 0.0795 e. The molecular weight excluding hydrogens is 232 g/mol. The molecule has 0 spiro atoms. The molecule has 0 saturated carbocycles. The summed E-state index contributed by atoms with van der Waals surface area (Å²) >= 11 is 0. The maximum absolute atomic E-state index is 10.4. The summed E-state index contributed by atoms with van der Waals surface area (Å²) in [5.41, 5.74) is 3.21. The number of benzene rings is 2. The normalized spacial score (nSPS) is 13.3. The van der Waals surface area contributed by atoms with Crippen LogP contribution in [0, 0.1) is 0 Å². The van der Waals surface area contributed by atoms with Gasteiger partial charge >= 0.3 is 0 Å². The SMILES string of the molecule is CCC[C@H](O)/C(=C/c1ccccc1)c1ccccc1. The van der Waals surface area contributed by atoms with Gasteiger partial charge in [0.15, 0.2) is 0 Å². The van der Waals surface area contributed by atoms with E-state index in [9.17, 15) is 5.11 Å². The first kappa shape index (κ1) is 13.6. The largest absolute Gasteiger partial charge is 0.388 e. The van der Waals surface area contributed by atoms with Gasteiger partial charge < -0.3 is 5.11 Å². The molecule has 2 aromatic carbocycles. The van der Waals surface area contributed by atoms with Crippen molar-refractivity contribution in [3.63, 3.8) is 0 Å². The van der Waals surface area contributed by atoms with Crippen LogP contribution in [0.1, 0.15) is 30.9 Å². The Morgan fingerprint density at radius 3 is 2.16 bits per heavy atom. The Bertz CT molecular complexity index is 514. The molecule has 0 bridgehead atoms. The van der Waals surface area contributed by atoms with Crippen LogP contribution in [0.25, 0.3) is 11.6 Å². The minimum atomic E-state index is -0.410.